The summed E-state index contributed by atoms with van der Waals surface area (Å²) < 4.78 is 5.12. The standard InChI is InChI=1S/C10H19NO.C9H13NO2.2C9H13NOS.C9H17NO/c1-8(12)10(11-2)7-9-5-3-4-6-9;1-7(11)9(10-2)6-8-4-3-5-12-8;1-7(11)9(10-2)5-8-3-4-12-6-8;1-7(11)9(10-2)6-8-4-3-5-12-8;1-7(11)9(10-2)6-8-4-3-5-8/h9-11H,3-7H2,1-2H3;3-5,9-10H,6H2,1-2H3;3-4,6,9-10H,5H2,1-2H3;3-5,9-10H,6H2,1-2H3;8-10H,3-6H2,1-2H3/t10-;4*9-/m11111/s1. The molecule has 0 spiro atoms. The van der Waals surface area contributed by atoms with Crippen molar-refractivity contribution in [1.29, 1.82) is 0 Å². The van der Waals surface area contributed by atoms with Crippen LogP contribution in [0.25, 0.3) is 0 Å². The van der Waals surface area contributed by atoms with Gasteiger partial charge >= 0.3 is 0 Å². The van der Waals surface area contributed by atoms with Gasteiger partial charge < -0.3 is 31.0 Å². The zero-order valence-electron chi connectivity index (χ0n) is 37.5. The summed E-state index contributed by atoms with van der Waals surface area (Å²) in [5.41, 5.74) is 1.23. The first kappa shape index (κ1) is 53.8. The number of hydrogen-bond donors (Lipinski definition) is 5. The van der Waals surface area contributed by atoms with Crippen LogP contribution in [-0.2, 0) is 43.2 Å². The molecule has 3 aromatic heterocycles. The highest BCUT2D eigenvalue weighted by atomic mass is 32.1. The molecule has 332 valence electrons. The molecule has 2 fully saturated rings. The van der Waals surface area contributed by atoms with Crippen molar-refractivity contribution >= 4 is 51.6 Å². The zero-order chi connectivity index (χ0) is 44.2. The number of likely N-dealkylation sites (N-methyl/N-ethyl adjacent to an activating group) is 5. The molecule has 2 aliphatic carbocycles. The number of furan rings is 1. The number of nitrogens with one attached hydrogen (secondary N) is 5. The van der Waals surface area contributed by atoms with Crippen molar-refractivity contribution in [2.45, 2.75) is 142 Å². The van der Waals surface area contributed by atoms with Crippen LogP contribution in [-0.4, -0.2) is 94.4 Å². The quantitative estimate of drug-likeness (QED) is 0.0795. The molecule has 2 aliphatic rings. The molecule has 0 aliphatic heterocycles. The van der Waals surface area contributed by atoms with Crippen LogP contribution in [0, 0.1) is 11.8 Å². The van der Waals surface area contributed by atoms with Crippen LogP contribution < -0.4 is 26.6 Å². The first-order chi connectivity index (χ1) is 28.2. The third-order valence-corrected chi connectivity index (χ3v) is 12.7. The van der Waals surface area contributed by atoms with Gasteiger partial charge in [0, 0.05) is 17.7 Å². The molecular formula is C46H75N5O6S2. The predicted molar refractivity (Wildman–Crippen MR) is 245 cm³/mol. The van der Waals surface area contributed by atoms with Crippen LogP contribution in [0.3, 0.4) is 0 Å². The molecule has 59 heavy (non-hydrogen) atoms. The largest absolute Gasteiger partial charge is 0.469 e. The van der Waals surface area contributed by atoms with Crippen molar-refractivity contribution in [3.8, 4) is 0 Å². The van der Waals surface area contributed by atoms with E-state index in [1.165, 1.54) is 55.4 Å². The molecule has 5 atom stereocenters. The Morgan fingerprint density at radius 2 is 1.03 bits per heavy atom. The first-order valence-corrected chi connectivity index (χ1v) is 23.0. The third-order valence-electron chi connectivity index (χ3n) is 11.0. The minimum atomic E-state index is -0.129. The summed E-state index contributed by atoms with van der Waals surface area (Å²) in [6.07, 6.45) is 15.3. The maximum absolute atomic E-state index is 11.1. The smallest absolute Gasteiger partial charge is 0.147 e. The molecule has 3 aromatic rings. The Labute approximate surface area is 363 Å². The lowest BCUT2D eigenvalue weighted by Gasteiger charge is -2.28. The third kappa shape index (κ3) is 23.4. The Morgan fingerprint density at radius 3 is 1.37 bits per heavy atom. The molecule has 11 nitrogen and oxygen atoms in total. The van der Waals surface area contributed by atoms with E-state index in [-0.39, 0.29) is 59.1 Å². The average Bonchev–Trinajstić information content (AvgIpc) is 4.04. The number of rotatable bonds is 20. The topological polar surface area (TPSA) is 159 Å². The SMILES string of the molecule is CN[C@H](CC1CCC1)C(C)=O.CN[C@H](CC1CCCC1)C(C)=O.CN[C@H](Cc1ccco1)C(C)=O.CN[C@H](Cc1cccs1)C(C)=O.CN[C@H](Cc1ccsc1)C(C)=O. The number of Topliss-reactive ketones (excluding diaryl/α,β-unsaturated/α-hetero) is 5. The Hall–Kier alpha value is -3.17. The molecule has 0 bridgehead atoms. The molecule has 0 unspecified atom stereocenters. The molecule has 13 heteroatoms. The van der Waals surface area contributed by atoms with Gasteiger partial charge in [0.05, 0.1) is 36.5 Å². The van der Waals surface area contributed by atoms with E-state index in [0.717, 1.165) is 43.3 Å². The van der Waals surface area contributed by atoms with Gasteiger partial charge in [-0.05, 0) is 147 Å². The zero-order valence-corrected chi connectivity index (χ0v) is 39.1. The van der Waals surface area contributed by atoms with Crippen LogP contribution in [0.2, 0.25) is 0 Å². The van der Waals surface area contributed by atoms with E-state index < -0.39 is 0 Å². The number of thiophene rings is 2. The van der Waals surface area contributed by atoms with Crippen molar-refractivity contribution in [2.75, 3.05) is 35.2 Å². The maximum Gasteiger partial charge on any atom is 0.147 e. The van der Waals surface area contributed by atoms with Gasteiger partial charge in [0.25, 0.3) is 0 Å². The van der Waals surface area contributed by atoms with E-state index in [1.54, 1.807) is 70.6 Å². The van der Waals surface area contributed by atoms with Crippen molar-refractivity contribution < 1.29 is 28.4 Å². The van der Waals surface area contributed by atoms with E-state index in [2.05, 4.69) is 44.1 Å². The summed E-state index contributed by atoms with van der Waals surface area (Å²) in [7, 11) is 9.15. The molecule has 0 aromatic carbocycles. The number of carbonyl (C=O) groups excluding carboxylic acids is 5. The Balaban J connectivity index is 0.000000369. The van der Waals surface area contributed by atoms with Gasteiger partial charge in [-0.15, -0.1) is 11.3 Å². The summed E-state index contributed by atoms with van der Waals surface area (Å²) in [5.74, 6) is 3.54. The van der Waals surface area contributed by atoms with Gasteiger partial charge in [-0.2, -0.15) is 11.3 Å². The van der Waals surface area contributed by atoms with Crippen molar-refractivity contribution in [2.24, 2.45) is 11.8 Å². The molecule has 5 rings (SSSR count). The highest BCUT2D eigenvalue weighted by molar-refractivity contribution is 7.09. The predicted octanol–water partition coefficient (Wildman–Crippen LogP) is 7.03. The lowest BCUT2D eigenvalue weighted by atomic mass is 9.80. The minimum absolute atomic E-state index is 0.0244. The molecule has 0 amide bonds. The van der Waals surface area contributed by atoms with Gasteiger partial charge in [-0.3, -0.25) is 24.0 Å². The van der Waals surface area contributed by atoms with E-state index in [9.17, 15) is 24.0 Å². The summed E-state index contributed by atoms with van der Waals surface area (Å²) in [6.45, 7) is 8.16. The molecule has 0 saturated heterocycles. The van der Waals surface area contributed by atoms with Gasteiger partial charge in [-0.1, -0.05) is 51.0 Å². The first-order valence-electron chi connectivity index (χ1n) is 21.1. The molecule has 3 heterocycles. The fourth-order valence-electron chi connectivity index (χ4n) is 6.87. The Morgan fingerprint density at radius 1 is 0.576 bits per heavy atom. The molecule has 2 saturated carbocycles. The number of ketones is 5. The van der Waals surface area contributed by atoms with E-state index in [4.69, 9.17) is 4.42 Å². The minimum Gasteiger partial charge on any atom is -0.469 e. The monoisotopic (exact) mass is 858 g/mol. The van der Waals surface area contributed by atoms with Crippen LogP contribution in [0.15, 0.2) is 57.2 Å². The van der Waals surface area contributed by atoms with Crippen LogP contribution in [0.1, 0.15) is 109 Å². The van der Waals surface area contributed by atoms with E-state index in [1.807, 2.05) is 57.1 Å². The second-order valence-corrected chi connectivity index (χ2v) is 17.4. The van der Waals surface area contributed by atoms with Gasteiger partial charge in [0.1, 0.15) is 34.7 Å². The summed E-state index contributed by atoms with van der Waals surface area (Å²) in [6, 6.07) is 9.84. The van der Waals surface area contributed by atoms with Crippen LogP contribution in [0.5, 0.6) is 0 Å². The summed E-state index contributed by atoms with van der Waals surface area (Å²) >= 11 is 3.36. The fraction of sp³-hybridized carbons (Fsp3) is 0.630. The van der Waals surface area contributed by atoms with Gasteiger partial charge in [0.2, 0.25) is 0 Å². The Kier molecular flexibility index (Phi) is 28.9. The number of hydrogen-bond acceptors (Lipinski definition) is 13. The average molecular weight is 858 g/mol. The molecule has 5 N–H and O–H groups in total. The van der Waals surface area contributed by atoms with Crippen molar-refractivity contribution in [3.05, 3.63) is 68.9 Å². The van der Waals surface area contributed by atoms with Crippen molar-refractivity contribution in [1.82, 2.24) is 26.6 Å². The second kappa shape index (κ2) is 31.7. The van der Waals surface area contributed by atoms with Gasteiger partial charge in [-0.25, -0.2) is 0 Å². The highest BCUT2D eigenvalue weighted by Crippen LogP contribution is 2.30. The molecule has 0 radical (unpaired) electrons. The fourth-order valence-corrected chi connectivity index (χ4v) is 8.30. The van der Waals surface area contributed by atoms with Crippen molar-refractivity contribution in [3.63, 3.8) is 0 Å². The lowest BCUT2D eigenvalue weighted by Crippen LogP contribution is -2.35. The van der Waals surface area contributed by atoms with Gasteiger partial charge in [0.15, 0.2) is 0 Å². The number of carbonyl (C=O) groups is 5. The second-order valence-electron chi connectivity index (χ2n) is 15.6. The normalized spacial score (nSPS) is 16.0. The van der Waals surface area contributed by atoms with E-state index in [0.29, 0.717) is 6.42 Å². The van der Waals surface area contributed by atoms with E-state index >= 15 is 0 Å². The summed E-state index contributed by atoms with van der Waals surface area (Å²) in [4.78, 5) is 56.4. The van der Waals surface area contributed by atoms with Crippen LogP contribution >= 0.6 is 22.7 Å². The van der Waals surface area contributed by atoms with Crippen LogP contribution in [0.4, 0.5) is 0 Å². The molecular weight excluding hydrogens is 783 g/mol. The highest BCUT2D eigenvalue weighted by Gasteiger charge is 2.23. The summed E-state index contributed by atoms with van der Waals surface area (Å²) in [5, 5.41) is 21.2. The lowest BCUT2D eigenvalue weighted by molar-refractivity contribution is -0.120. The Bertz CT molecular complexity index is 1420. The maximum atomic E-state index is 11.1.